The van der Waals surface area contributed by atoms with Gasteiger partial charge < -0.3 is 14.3 Å². The first kappa shape index (κ1) is 7.19. The summed E-state index contributed by atoms with van der Waals surface area (Å²) in [7, 11) is -2.74. The third-order valence-electron chi connectivity index (χ3n) is 2.96. The minimum Gasteiger partial charge on any atom is -0.497 e. The van der Waals surface area contributed by atoms with E-state index in [1.54, 1.807) is 0 Å². The van der Waals surface area contributed by atoms with E-state index in [1.165, 1.54) is 30.3 Å². The minimum absolute atomic E-state index is 0.0346. The van der Waals surface area contributed by atoms with Gasteiger partial charge in [-0.25, -0.2) is 0 Å². The van der Waals surface area contributed by atoms with Gasteiger partial charge in [0, 0.05) is 9.60 Å². The van der Waals surface area contributed by atoms with Gasteiger partial charge in [0.15, 0.2) is 0 Å². The molecule has 7 nitrogen and oxygen atoms in total. The number of hydrogen-bond acceptors (Lipinski definition) is 6. The Balaban J connectivity index is 2.46. The average molecular weight is 361 g/mol. The molecule has 0 bridgehead atoms. The van der Waals surface area contributed by atoms with Gasteiger partial charge in [-0.05, 0) is 48.1 Å². The summed E-state index contributed by atoms with van der Waals surface area (Å²) < 4.78 is 115. The van der Waals surface area contributed by atoms with Crippen molar-refractivity contribution in [2.24, 2.45) is 0 Å². The molecule has 0 N–H and O–H groups in total. The van der Waals surface area contributed by atoms with Crippen LogP contribution in [-0.2, 0) is 14.4 Å². The number of hydrogen-bond donors (Lipinski definition) is 0. The number of esters is 1. The molecule has 0 fully saturated rings. The highest BCUT2D eigenvalue weighted by atomic mass is 16.9. The van der Waals surface area contributed by atoms with Gasteiger partial charge in [0.2, 0.25) is 0 Å². The van der Waals surface area contributed by atoms with E-state index >= 15 is 0 Å². The highest BCUT2D eigenvalue weighted by molar-refractivity contribution is 5.86. The lowest BCUT2D eigenvalue weighted by molar-refractivity contribution is -0.757. The van der Waals surface area contributed by atoms with Crippen LogP contribution in [0.5, 0.6) is 5.75 Å². The van der Waals surface area contributed by atoms with Crippen LogP contribution >= 0.6 is 0 Å². The second-order valence-corrected chi connectivity index (χ2v) is 4.49. The highest BCUT2D eigenvalue weighted by Crippen LogP contribution is 2.25. The Morgan fingerprint density at radius 3 is 2.76 bits per heavy atom. The molecule has 0 aliphatic rings. The number of benzene rings is 2. The van der Waals surface area contributed by atoms with Crippen LogP contribution in [0.3, 0.4) is 0 Å². The maximum absolute atomic E-state index is 12.9. The van der Waals surface area contributed by atoms with E-state index < -0.39 is 56.7 Å². The third-order valence-corrected chi connectivity index (χ3v) is 2.96. The van der Waals surface area contributed by atoms with E-state index in [2.05, 4.69) is 9.57 Å². The lowest BCUT2D eigenvalue weighted by atomic mass is 9.98. The van der Waals surface area contributed by atoms with Crippen LogP contribution in [0.25, 0.3) is 10.8 Å². The summed E-state index contributed by atoms with van der Waals surface area (Å²) in [4.78, 5) is 27.0. The molecule has 7 heteroatoms. The lowest BCUT2D eigenvalue weighted by Crippen LogP contribution is -2.14. The van der Waals surface area contributed by atoms with Gasteiger partial charge in [0.1, 0.15) is 5.75 Å². The number of carbonyl (C=O) groups is 1. The van der Waals surface area contributed by atoms with Crippen molar-refractivity contribution in [2.75, 3.05) is 20.2 Å². The first-order chi connectivity index (χ1) is 17.3. The Labute approximate surface area is 165 Å². The predicted molar refractivity (Wildman–Crippen MR) is 92.1 cm³/mol. The van der Waals surface area contributed by atoms with Crippen molar-refractivity contribution >= 4 is 16.7 Å². The molecule has 2 aromatic carbocycles. The molecule has 0 aliphatic carbocycles. The largest absolute Gasteiger partial charge is 0.497 e. The Hall–Kier alpha value is -2.83. The average Bonchev–Trinajstić information content (AvgIpc) is 2.70. The van der Waals surface area contributed by atoms with Gasteiger partial charge in [-0.1, -0.05) is 24.3 Å². The van der Waals surface area contributed by atoms with E-state index in [-0.39, 0.29) is 11.3 Å². The number of nitrogens with zero attached hydrogens (tertiary/aromatic N) is 1. The molecule has 1 atom stereocenters. The highest BCUT2D eigenvalue weighted by Gasteiger charge is 2.17. The molecule has 0 aromatic heterocycles. The third kappa shape index (κ3) is 5.34. The van der Waals surface area contributed by atoms with Crippen molar-refractivity contribution in [1.29, 1.82) is 0 Å². The van der Waals surface area contributed by atoms with E-state index in [4.69, 9.17) is 23.9 Å². The molecule has 0 saturated carbocycles. The molecule has 0 radical (unpaired) electrons. The quantitative estimate of drug-likeness (QED) is 0.386. The number of fused-ring (bicyclic) bond motifs is 1. The number of ether oxygens (including phenoxy) is 2. The molecule has 2 aromatic rings. The van der Waals surface area contributed by atoms with E-state index in [0.29, 0.717) is 10.8 Å². The Morgan fingerprint density at radius 2 is 2.00 bits per heavy atom. The zero-order chi connectivity index (χ0) is 30.4. The SMILES string of the molecule is [2H]C([2H])([2H])Oc1ccc2cc([C@@H](C(=O)OC([2H])([2H])C([2H])([2H])C([2H])([2H])C([2H])([2H])O[N+](=O)[O-])C([2H])([2H])[2H])ccc2c1. The van der Waals surface area contributed by atoms with Crippen molar-refractivity contribution in [3.63, 3.8) is 0 Å². The van der Waals surface area contributed by atoms with Crippen LogP contribution in [0, 0.1) is 10.1 Å². The molecule has 0 aliphatic heterocycles. The number of methoxy groups -OCH3 is 1. The summed E-state index contributed by atoms with van der Waals surface area (Å²) in [6.07, 6.45) is -8.30. The molecule has 2 rings (SSSR count). The molecular weight excluding hydrogens is 326 g/mol. The van der Waals surface area contributed by atoms with Crippen LogP contribution in [0.1, 0.15) is 50.3 Å². The summed E-state index contributed by atoms with van der Waals surface area (Å²) >= 11 is 0. The summed E-state index contributed by atoms with van der Waals surface area (Å²) in [5, 5.41) is 9.43. The molecule has 0 amide bonds. The Kier molecular flexibility index (Phi) is 2.55. The van der Waals surface area contributed by atoms with Crippen molar-refractivity contribution in [1.82, 2.24) is 0 Å². The van der Waals surface area contributed by atoms with Gasteiger partial charge in [-0.3, -0.25) is 4.79 Å². The summed E-state index contributed by atoms with van der Waals surface area (Å²) in [6.45, 7) is -11.3. The summed E-state index contributed by atoms with van der Waals surface area (Å²) in [5.41, 5.74) is -0.261. The summed E-state index contributed by atoms with van der Waals surface area (Å²) in [6, 6.07) is 7.57. The van der Waals surface area contributed by atoms with E-state index in [0.717, 1.165) is 6.07 Å². The van der Waals surface area contributed by atoms with Crippen molar-refractivity contribution in [3.8, 4) is 5.75 Å². The molecule has 0 unspecified atom stereocenters. The smallest absolute Gasteiger partial charge is 0.313 e. The minimum atomic E-state index is -4.16. The molecule has 0 heterocycles. The van der Waals surface area contributed by atoms with Crippen LogP contribution in [-0.4, -0.2) is 31.2 Å². The summed E-state index contributed by atoms with van der Waals surface area (Å²) in [5.74, 6) is -4.16. The number of rotatable bonds is 9. The monoisotopic (exact) mass is 361 g/mol. The lowest BCUT2D eigenvalue weighted by Gasteiger charge is -2.13. The first-order valence-electron chi connectivity index (χ1n) is 13.6. The first-order valence-corrected chi connectivity index (χ1v) is 6.61. The molecule has 0 spiro atoms. The fourth-order valence-corrected chi connectivity index (χ4v) is 1.87. The Morgan fingerprint density at radius 1 is 1.24 bits per heavy atom. The second kappa shape index (κ2) is 8.86. The van der Waals surface area contributed by atoms with Crippen molar-refractivity contribution in [2.45, 2.75) is 25.5 Å². The Bertz CT molecular complexity index is 1240. The zero-order valence-corrected chi connectivity index (χ0v) is 12.4. The van der Waals surface area contributed by atoms with Crippen LogP contribution in [0.4, 0.5) is 0 Å². The van der Waals surface area contributed by atoms with Crippen LogP contribution in [0.15, 0.2) is 36.4 Å². The molecule has 25 heavy (non-hydrogen) atoms. The maximum Gasteiger partial charge on any atom is 0.313 e. The molecular formula is C18H21NO6. The van der Waals surface area contributed by atoms with E-state index in [9.17, 15) is 14.9 Å². The van der Waals surface area contributed by atoms with Gasteiger partial charge in [0.25, 0.3) is 5.09 Å². The molecule has 134 valence electrons. The van der Waals surface area contributed by atoms with Gasteiger partial charge in [0.05, 0.1) is 35.7 Å². The fraction of sp³-hybridized carbons (Fsp3) is 0.389. The van der Waals surface area contributed by atoms with Gasteiger partial charge in [-0.15, -0.1) is 10.1 Å². The topological polar surface area (TPSA) is 87.9 Å². The fourth-order valence-electron chi connectivity index (χ4n) is 1.87. The van der Waals surface area contributed by atoms with Gasteiger partial charge >= 0.3 is 5.97 Å². The van der Waals surface area contributed by atoms with Crippen LogP contribution in [0.2, 0.25) is 0 Å². The molecule has 0 saturated heterocycles. The van der Waals surface area contributed by atoms with Crippen molar-refractivity contribution in [3.05, 3.63) is 52.1 Å². The zero-order valence-electron chi connectivity index (χ0n) is 26.4. The maximum atomic E-state index is 12.9. The second-order valence-electron chi connectivity index (χ2n) is 4.49. The van der Waals surface area contributed by atoms with Crippen LogP contribution < -0.4 is 4.74 Å². The standard InChI is InChI=1S/C18H21NO6/c1-13(18(20)24-9-3-4-10-25-19(21)22)14-5-6-16-12-17(23-2)8-7-15(16)11-14/h5-8,11-13H,3-4,9-10H2,1-2H3/t13-/m0/s1/i1D3,2D3,3D2,4D2,9D2,10D2. The number of carbonyl (C=O) groups excluding carboxylic acids is 1. The van der Waals surface area contributed by atoms with Crippen molar-refractivity contribution < 1.29 is 43.4 Å². The van der Waals surface area contributed by atoms with Gasteiger partial charge in [-0.2, -0.15) is 0 Å². The predicted octanol–water partition coefficient (Wildman–Crippen LogP) is 3.48. The normalized spacial score (nSPS) is 23.4. The van der Waals surface area contributed by atoms with E-state index in [1.807, 2.05) is 0 Å².